The van der Waals surface area contributed by atoms with E-state index in [0.29, 0.717) is 17.2 Å². The van der Waals surface area contributed by atoms with E-state index in [0.717, 1.165) is 32.1 Å². The van der Waals surface area contributed by atoms with Gasteiger partial charge in [-0.05, 0) is 59.5 Å². The van der Waals surface area contributed by atoms with Crippen molar-refractivity contribution in [3.8, 4) is 0 Å². The van der Waals surface area contributed by atoms with Gasteiger partial charge in [0.15, 0.2) is 5.13 Å². The van der Waals surface area contributed by atoms with Crippen LogP contribution in [0.25, 0.3) is 21.0 Å². The molecule has 152 valence electrons. The van der Waals surface area contributed by atoms with Gasteiger partial charge in [-0.25, -0.2) is 4.98 Å². The molecule has 5 aromatic rings. The average molecular weight is 424 g/mol. The van der Waals surface area contributed by atoms with Gasteiger partial charge in [0, 0.05) is 18.0 Å². The predicted molar refractivity (Wildman–Crippen MR) is 128 cm³/mol. The molecule has 0 bridgehead atoms. The normalized spacial score (nSPS) is 11.2. The average Bonchev–Trinajstić information content (AvgIpc) is 3.24. The Labute approximate surface area is 184 Å². The highest BCUT2D eigenvalue weighted by molar-refractivity contribution is 7.22. The molecule has 4 nitrogen and oxygen atoms in total. The Kier molecular flexibility index (Phi) is 4.96. The van der Waals surface area contributed by atoms with Gasteiger partial charge in [0.2, 0.25) is 0 Å². The SMILES string of the molecule is Cc1ccc2sc(N(Cc3cccnc3)C(=O)c3cccc4ccccc34)nc2c1C. The molecule has 0 aliphatic heterocycles. The summed E-state index contributed by atoms with van der Waals surface area (Å²) in [5, 5.41) is 2.69. The summed E-state index contributed by atoms with van der Waals surface area (Å²) in [6.45, 7) is 4.58. The van der Waals surface area contributed by atoms with Gasteiger partial charge in [-0.2, -0.15) is 0 Å². The molecule has 0 aliphatic rings. The molecule has 0 fully saturated rings. The van der Waals surface area contributed by atoms with Crippen LogP contribution in [0, 0.1) is 13.8 Å². The Hall–Kier alpha value is -3.57. The summed E-state index contributed by atoms with van der Waals surface area (Å²) >= 11 is 1.55. The van der Waals surface area contributed by atoms with Crippen LogP contribution in [0.5, 0.6) is 0 Å². The Morgan fingerprint density at radius 3 is 2.65 bits per heavy atom. The molecule has 5 rings (SSSR count). The second-order valence-electron chi connectivity index (χ2n) is 7.63. The fourth-order valence-corrected chi connectivity index (χ4v) is 4.81. The zero-order valence-corrected chi connectivity index (χ0v) is 18.2. The standard InChI is InChI=1S/C26H21N3OS/c1-17-12-13-23-24(18(17)2)28-26(31-23)29(16-19-7-6-14-27-15-19)25(30)22-11-5-9-20-8-3-4-10-21(20)22/h3-15H,16H2,1-2H3. The highest BCUT2D eigenvalue weighted by Crippen LogP contribution is 2.34. The van der Waals surface area contributed by atoms with Crippen molar-refractivity contribution in [2.45, 2.75) is 20.4 Å². The lowest BCUT2D eigenvalue weighted by Crippen LogP contribution is -2.30. The Morgan fingerprint density at radius 1 is 0.968 bits per heavy atom. The fraction of sp³-hybridized carbons (Fsp3) is 0.115. The van der Waals surface area contributed by atoms with Gasteiger partial charge in [0.1, 0.15) is 0 Å². The first-order chi connectivity index (χ1) is 15.1. The van der Waals surface area contributed by atoms with Crippen molar-refractivity contribution in [2.24, 2.45) is 0 Å². The minimum Gasteiger partial charge on any atom is -0.279 e. The van der Waals surface area contributed by atoms with Gasteiger partial charge in [0.05, 0.1) is 16.8 Å². The van der Waals surface area contributed by atoms with Gasteiger partial charge in [-0.1, -0.05) is 59.9 Å². The summed E-state index contributed by atoms with van der Waals surface area (Å²) in [6, 6.07) is 21.9. The van der Waals surface area contributed by atoms with Crippen molar-refractivity contribution < 1.29 is 4.79 Å². The zero-order valence-electron chi connectivity index (χ0n) is 17.4. The van der Waals surface area contributed by atoms with E-state index in [2.05, 4.69) is 31.0 Å². The molecule has 1 amide bonds. The minimum atomic E-state index is -0.0610. The number of aromatic nitrogens is 2. The molecular formula is C26H21N3OS. The molecule has 2 aromatic heterocycles. The topological polar surface area (TPSA) is 46.1 Å². The number of carbonyl (C=O) groups excluding carboxylic acids is 1. The Bertz CT molecular complexity index is 1400. The second-order valence-corrected chi connectivity index (χ2v) is 8.64. The van der Waals surface area contributed by atoms with Crippen molar-refractivity contribution in [1.29, 1.82) is 0 Å². The molecule has 0 unspecified atom stereocenters. The summed E-state index contributed by atoms with van der Waals surface area (Å²) in [6.07, 6.45) is 3.54. The fourth-order valence-electron chi connectivity index (χ4n) is 3.79. The number of rotatable bonds is 4. The van der Waals surface area contributed by atoms with Gasteiger partial charge >= 0.3 is 0 Å². The Morgan fingerprint density at radius 2 is 1.81 bits per heavy atom. The maximum Gasteiger partial charge on any atom is 0.261 e. The summed E-state index contributed by atoms with van der Waals surface area (Å²) in [7, 11) is 0. The van der Waals surface area contributed by atoms with E-state index >= 15 is 0 Å². The Balaban J connectivity index is 1.65. The summed E-state index contributed by atoms with van der Waals surface area (Å²) in [4.78, 5) is 24.8. The number of aryl methyl sites for hydroxylation is 2. The summed E-state index contributed by atoms with van der Waals surface area (Å²) < 4.78 is 1.08. The molecule has 3 aromatic carbocycles. The summed E-state index contributed by atoms with van der Waals surface area (Å²) in [5.74, 6) is -0.0610. The van der Waals surface area contributed by atoms with E-state index in [9.17, 15) is 4.79 Å². The largest absolute Gasteiger partial charge is 0.279 e. The van der Waals surface area contributed by atoms with Crippen LogP contribution >= 0.6 is 11.3 Å². The van der Waals surface area contributed by atoms with Crippen LogP contribution in [0.3, 0.4) is 0 Å². The molecular weight excluding hydrogens is 402 g/mol. The lowest BCUT2D eigenvalue weighted by Gasteiger charge is -2.21. The van der Waals surface area contributed by atoms with Crippen LogP contribution in [0.1, 0.15) is 27.0 Å². The van der Waals surface area contributed by atoms with Gasteiger partial charge in [0.25, 0.3) is 5.91 Å². The maximum atomic E-state index is 13.9. The van der Waals surface area contributed by atoms with Crippen molar-refractivity contribution in [3.63, 3.8) is 0 Å². The lowest BCUT2D eigenvalue weighted by molar-refractivity contribution is 0.0986. The number of carbonyl (C=O) groups is 1. The number of anilines is 1. The van der Waals surface area contributed by atoms with Crippen LogP contribution in [-0.4, -0.2) is 15.9 Å². The smallest absolute Gasteiger partial charge is 0.261 e. The van der Waals surface area contributed by atoms with Crippen LogP contribution < -0.4 is 4.90 Å². The van der Waals surface area contributed by atoms with E-state index in [-0.39, 0.29) is 5.91 Å². The third-order valence-electron chi connectivity index (χ3n) is 5.63. The number of fused-ring (bicyclic) bond motifs is 2. The van der Waals surface area contributed by atoms with Crippen molar-refractivity contribution in [1.82, 2.24) is 9.97 Å². The van der Waals surface area contributed by atoms with Gasteiger partial charge < -0.3 is 0 Å². The first-order valence-electron chi connectivity index (χ1n) is 10.2. The van der Waals surface area contributed by atoms with Crippen LogP contribution in [-0.2, 0) is 6.54 Å². The third-order valence-corrected chi connectivity index (χ3v) is 6.68. The van der Waals surface area contributed by atoms with Crippen molar-refractivity contribution in [2.75, 3.05) is 4.90 Å². The van der Waals surface area contributed by atoms with Crippen LogP contribution in [0.2, 0.25) is 0 Å². The zero-order chi connectivity index (χ0) is 21.4. The molecule has 0 N–H and O–H groups in total. The van der Waals surface area contributed by atoms with Gasteiger partial charge in [-0.3, -0.25) is 14.7 Å². The number of hydrogen-bond donors (Lipinski definition) is 0. The molecule has 0 spiro atoms. The van der Waals surface area contributed by atoms with Gasteiger partial charge in [-0.15, -0.1) is 0 Å². The van der Waals surface area contributed by atoms with Crippen LogP contribution in [0.4, 0.5) is 5.13 Å². The molecule has 5 heteroatoms. The minimum absolute atomic E-state index is 0.0610. The summed E-state index contributed by atoms with van der Waals surface area (Å²) in [5.41, 5.74) is 4.95. The third kappa shape index (κ3) is 3.57. The second kappa shape index (κ2) is 7.93. The maximum absolute atomic E-state index is 13.9. The first-order valence-corrected chi connectivity index (χ1v) is 11.0. The molecule has 0 radical (unpaired) electrons. The van der Waals surface area contributed by atoms with E-state index in [1.54, 1.807) is 28.6 Å². The molecule has 31 heavy (non-hydrogen) atoms. The molecule has 0 saturated carbocycles. The monoisotopic (exact) mass is 423 g/mol. The number of pyridine rings is 1. The quantitative estimate of drug-likeness (QED) is 0.340. The molecule has 0 saturated heterocycles. The lowest BCUT2D eigenvalue weighted by atomic mass is 10.0. The number of thiazole rings is 1. The number of hydrogen-bond acceptors (Lipinski definition) is 4. The number of nitrogens with zero attached hydrogens (tertiary/aromatic N) is 3. The number of amides is 1. The molecule has 0 atom stereocenters. The molecule has 2 heterocycles. The first kappa shape index (κ1) is 19.4. The number of benzene rings is 3. The van der Waals surface area contributed by atoms with Crippen molar-refractivity contribution in [3.05, 3.63) is 101 Å². The molecule has 0 aliphatic carbocycles. The van der Waals surface area contributed by atoms with Crippen molar-refractivity contribution >= 4 is 43.4 Å². The van der Waals surface area contributed by atoms with E-state index < -0.39 is 0 Å². The predicted octanol–water partition coefficient (Wildman–Crippen LogP) is 6.31. The van der Waals surface area contributed by atoms with Crippen LogP contribution in [0.15, 0.2) is 79.1 Å². The van der Waals surface area contributed by atoms with E-state index in [1.165, 1.54) is 5.56 Å². The highest BCUT2D eigenvalue weighted by atomic mass is 32.1. The van der Waals surface area contributed by atoms with E-state index in [4.69, 9.17) is 4.98 Å². The highest BCUT2D eigenvalue weighted by Gasteiger charge is 2.24. The van der Waals surface area contributed by atoms with E-state index in [1.807, 2.05) is 54.6 Å².